The molecular weight excluding hydrogens is 252 g/mol. The standard InChI is InChI=1S/C16H30N2O2/c1-15(14(19)17-2)8-7-11-18(12-15)13-16(20)9-5-3-4-6-10-16/h20H,3-13H2,1-2H3,(H,17,19). The Balaban J connectivity index is 1.96. The Kier molecular flexibility index (Phi) is 5.08. The number of hydrogen-bond donors (Lipinski definition) is 2. The molecule has 1 amide bonds. The van der Waals surface area contributed by atoms with Gasteiger partial charge in [0.05, 0.1) is 11.0 Å². The number of carbonyl (C=O) groups excluding carboxylic acids is 1. The van der Waals surface area contributed by atoms with Crippen molar-refractivity contribution in [2.75, 3.05) is 26.7 Å². The second-order valence-corrected chi connectivity index (χ2v) is 7.09. The van der Waals surface area contributed by atoms with E-state index in [2.05, 4.69) is 17.1 Å². The highest BCUT2D eigenvalue weighted by atomic mass is 16.3. The van der Waals surface area contributed by atoms with Crippen LogP contribution in [0, 0.1) is 5.41 Å². The number of β-amino-alcohol motifs (C(OH)–C–C–N with tert-alkyl or cyclic N) is 1. The summed E-state index contributed by atoms with van der Waals surface area (Å²) >= 11 is 0. The van der Waals surface area contributed by atoms with Crippen LogP contribution in [0.1, 0.15) is 58.3 Å². The molecule has 116 valence electrons. The second-order valence-electron chi connectivity index (χ2n) is 7.09. The van der Waals surface area contributed by atoms with E-state index < -0.39 is 5.60 Å². The largest absolute Gasteiger partial charge is 0.389 e. The zero-order valence-electron chi connectivity index (χ0n) is 13.1. The molecule has 1 atom stereocenters. The molecule has 4 heteroatoms. The van der Waals surface area contributed by atoms with Crippen molar-refractivity contribution in [3.63, 3.8) is 0 Å². The summed E-state index contributed by atoms with van der Waals surface area (Å²) in [5, 5.41) is 13.6. The molecule has 1 saturated carbocycles. The molecule has 0 spiro atoms. The van der Waals surface area contributed by atoms with Crippen LogP contribution < -0.4 is 5.32 Å². The van der Waals surface area contributed by atoms with Gasteiger partial charge in [0.2, 0.25) is 5.91 Å². The van der Waals surface area contributed by atoms with E-state index in [9.17, 15) is 9.90 Å². The average molecular weight is 282 g/mol. The lowest BCUT2D eigenvalue weighted by atomic mass is 9.80. The third kappa shape index (κ3) is 3.73. The number of piperidine rings is 1. The van der Waals surface area contributed by atoms with Crippen molar-refractivity contribution in [1.82, 2.24) is 10.2 Å². The van der Waals surface area contributed by atoms with Gasteiger partial charge in [-0.05, 0) is 39.2 Å². The van der Waals surface area contributed by atoms with E-state index in [1.54, 1.807) is 7.05 Å². The molecule has 1 heterocycles. The predicted molar refractivity (Wildman–Crippen MR) is 80.5 cm³/mol. The molecule has 1 unspecified atom stereocenters. The molecule has 1 saturated heterocycles. The van der Waals surface area contributed by atoms with Crippen LogP contribution in [0.5, 0.6) is 0 Å². The maximum absolute atomic E-state index is 12.1. The Bertz CT molecular complexity index is 337. The van der Waals surface area contributed by atoms with E-state index in [0.717, 1.165) is 58.2 Å². The van der Waals surface area contributed by atoms with E-state index in [1.165, 1.54) is 12.8 Å². The van der Waals surface area contributed by atoms with Gasteiger partial charge in [0.1, 0.15) is 0 Å². The minimum atomic E-state index is -0.530. The van der Waals surface area contributed by atoms with Crippen LogP contribution in [0.15, 0.2) is 0 Å². The van der Waals surface area contributed by atoms with Gasteiger partial charge in [0.15, 0.2) is 0 Å². The minimum Gasteiger partial charge on any atom is -0.389 e. The fourth-order valence-corrected chi connectivity index (χ4v) is 3.93. The lowest BCUT2D eigenvalue weighted by molar-refractivity contribution is -0.133. The highest BCUT2D eigenvalue weighted by molar-refractivity contribution is 5.82. The molecular formula is C16H30N2O2. The van der Waals surface area contributed by atoms with Crippen LogP contribution in [0.3, 0.4) is 0 Å². The van der Waals surface area contributed by atoms with Crippen molar-refractivity contribution < 1.29 is 9.90 Å². The predicted octanol–water partition coefficient (Wildman–Crippen LogP) is 1.92. The lowest BCUT2D eigenvalue weighted by Gasteiger charge is -2.42. The van der Waals surface area contributed by atoms with Crippen molar-refractivity contribution in [2.45, 2.75) is 63.9 Å². The van der Waals surface area contributed by atoms with Crippen LogP contribution in [0.2, 0.25) is 0 Å². The van der Waals surface area contributed by atoms with Crippen molar-refractivity contribution in [3.8, 4) is 0 Å². The van der Waals surface area contributed by atoms with Gasteiger partial charge < -0.3 is 10.4 Å². The van der Waals surface area contributed by atoms with Gasteiger partial charge in [-0.2, -0.15) is 0 Å². The first-order valence-corrected chi connectivity index (χ1v) is 8.14. The third-order valence-electron chi connectivity index (χ3n) is 5.10. The van der Waals surface area contributed by atoms with Gasteiger partial charge in [-0.1, -0.05) is 25.7 Å². The van der Waals surface area contributed by atoms with Crippen LogP contribution in [0.4, 0.5) is 0 Å². The Morgan fingerprint density at radius 1 is 1.15 bits per heavy atom. The molecule has 2 N–H and O–H groups in total. The first-order valence-electron chi connectivity index (χ1n) is 8.14. The summed E-state index contributed by atoms with van der Waals surface area (Å²) in [5.41, 5.74) is -0.828. The van der Waals surface area contributed by atoms with Crippen molar-refractivity contribution >= 4 is 5.91 Å². The second kappa shape index (κ2) is 6.44. The molecule has 20 heavy (non-hydrogen) atoms. The maximum Gasteiger partial charge on any atom is 0.226 e. The molecule has 0 aromatic rings. The number of nitrogens with zero attached hydrogens (tertiary/aromatic N) is 1. The summed E-state index contributed by atoms with van der Waals surface area (Å²) in [6.45, 7) is 4.57. The first kappa shape index (κ1) is 15.8. The van der Waals surface area contributed by atoms with Crippen molar-refractivity contribution in [1.29, 1.82) is 0 Å². The maximum atomic E-state index is 12.1. The number of rotatable bonds is 3. The number of likely N-dealkylation sites (tertiary alicyclic amines) is 1. The van der Waals surface area contributed by atoms with Crippen molar-refractivity contribution in [3.05, 3.63) is 0 Å². The number of aliphatic hydroxyl groups is 1. The quantitative estimate of drug-likeness (QED) is 0.778. The fraction of sp³-hybridized carbons (Fsp3) is 0.938. The fourth-order valence-electron chi connectivity index (χ4n) is 3.93. The Morgan fingerprint density at radius 2 is 1.80 bits per heavy atom. The highest BCUT2D eigenvalue weighted by Crippen LogP contribution is 2.33. The zero-order valence-corrected chi connectivity index (χ0v) is 13.1. The molecule has 4 nitrogen and oxygen atoms in total. The molecule has 0 aromatic heterocycles. The molecule has 0 bridgehead atoms. The Labute approximate surface area is 122 Å². The SMILES string of the molecule is CNC(=O)C1(C)CCCN(CC2(O)CCCCCC2)C1. The van der Waals surface area contributed by atoms with E-state index >= 15 is 0 Å². The topological polar surface area (TPSA) is 52.6 Å². The lowest BCUT2D eigenvalue weighted by Crippen LogP contribution is -2.53. The van der Waals surface area contributed by atoms with E-state index in [4.69, 9.17) is 0 Å². The summed E-state index contributed by atoms with van der Waals surface area (Å²) < 4.78 is 0. The summed E-state index contributed by atoms with van der Waals surface area (Å²) in [7, 11) is 1.71. The average Bonchev–Trinajstić information content (AvgIpc) is 2.62. The monoisotopic (exact) mass is 282 g/mol. The molecule has 1 aliphatic heterocycles. The third-order valence-corrected chi connectivity index (χ3v) is 5.10. The van der Waals surface area contributed by atoms with Crippen LogP contribution in [-0.4, -0.2) is 48.2 Å². The normalized spacial score (nSPS) is 31.6. The molecule has 2 aliphatic rings. The Hall–Kier alpha value is -0.610. The van der Waals surface area contributed by atoms with Crippen molar-refractivity contribution in [2.24, 2.45) is 5.41 Å². The van der Waals surface area contributed by atoms with E-state index in [0.29, 0.717) is 0 Å². The molecule has 2 fully saturated rings. The molecule has 0 radical (unpaired) electrons. The van der Waals surface area contributed by atoms with Gasteiger partial charge in [0.25, 0.3) is 0 Å². The molecule has 1 aliphatic carbocycles. The molecule has 0 aromatic carbocycles. The van der Waals surface area contributed by atoms with Crippen LogP contribution >= 0.6 is 0 Å². The van der Waals surface area contributed by atoms with Gasteiger partial charge in [-0.3, -0.25) is 9.69 Å². The first-order chi connectivity index (χ1) is 9.47. The number of hydrogen-bond acceptors (Lipinski definition) is 3. The summed E-state index contributed by atoms with van der Waals surface area (Å²) in [6, 6.07) is 0. The van der Waals surface area contributed by atoms with Crippen LogP contribution in [-0.2, 0) is 4.79 Å². The van der Waals surface area contributed by atoms with Gasteiger partial charge in [-0.25, -0.2) is 0 Å². The highest BCUT2D eigenvalue weighted by Gasteiger charge is 2.39. The zero-order chi connectivity index (χ0) is 14.6. The smallest absolute Gasteiger partial charge is 0.226 e. The van der Waals surface area contributed by atoms with E-state index in [1.807, 2.05) is 0 Å². The molecule has 2 rings (SSSR count). The van der Waals surface area contributed by atoms with Gasteiger partial charge in [-0.15, -0.1) is 0 Å². The summed E-state index contributed by atoms with van der Waals surface area (Å²) in [6.07, 6.45) is 8.59. The summed E-state index contributed by atoms with van der Waals surface area (Å²) in [5.74, 6) is 0.134. The minimum absolute atomic E-state index is 0.134. The Morgan fingerprint density at radius 3 is 2.40 bits per heavy atom. The van der Waals surface area contributed by atoms with Gasteiger partial charge >= 0.3 is 0 Å². The number of carbonyl (C=O) groups is 1. The number of amides is 1. The summed E-state index contributed by atoms with van der Waals surface area (Å²) in [4.78, 5) is 14.4. The number of nitrogens with one attached hydrogen (secondary N) is 1. The van der Waals surface area contributed by atoms with E-state index in [-0.39, 0.29) is 11.3 Å². The van der Waals surface area contributed by atoms with Gasteiger partial charge in [0, 0.05) is 20.1 Å². The van der Waals surface area contributed by atoms with Crippen LogP contribution in [0.25, 0.3) is 0 Å².